The molecule has 0 bridgehead atoms. The summed E-state index contributed by atoms with van der Waals surface area (Å²) in [6.45, 7) is 7.68. The van der Waals surface area contributed by atoms with E-state index in [4.69, 9.17) is 14.2 Å². The van der Waals surface area contributed by atoms with Crippen molar-refractivity contribution in [3.63, 3.8) is 0 Å². The summed E-state index contributed by atoms with van der Waals surface area (Å²) in [7, 11) is 3.24. The number of hydrogen-bond donors (Lipinski definition) is 1. The van der Waals surface area contributed by atoms with Gasteiger partial charge in [-0.15, -0.1) is 6.58 Å². The number of rotatable bonds is 8. The lowest BCUT2D eigenvalue weighted by Crippen LogP contribution is -2.21. The molecule has 0 saturated heterocycles. The summed E-state index contributed by atoms with van der Waals surface area (Å²) in [5.74, 6) is 2.03. The lowest BCUT2D eigenvalue weighted by Gasteiger charge is -2.15. The van der Waals surface area contributed by atoms with Crippen molar-refractivity contribution in [1.29, 1.82) is 0 Å². The third kappa shape index (κ3) is 3.96. The Kier molecular flexibility index (Phi) is 6.08. The van der Waals surface area contributed by atoms with Crippen LogP contribution in [0.4, 0.5) is 0 Å². The van der Waals surface area contributed by atoms with Crippen LogP contribution in [0.1, 0.15) is 5.56 Å². The molecule has 0 saturated carbocycles. The molecule has 18 heavy (non-hydrogen) atoms. The summed E-state index contributed by atoms with van der Waals surface area (Å²) in [4.78, 5) is 0. The van der Waals surface area contributed by atoms with Gasteiger partial charge in [-0.1, -0.05) is 6.08 Å². The second-order valence-corrected chi connectivity index (χ2v) is 3.84. The fraction of sp³-hybridized carbons (Fsp3) is 0.429. The lowest BCUT2D eigenvalue weighted by atomic mass is 10.2. The minimum absolute atomic E-state index is 0.545. The highest BCUT2D eigenvalue weighted by Gasteiger charge is 2.12. The molecule has 1 aromatic carbocycles. The van der Waals surface area contributed by atoms with Gasteiger partial charge in [0.05, 0.1) is 14.2 Å². The average Bonchev–Trinajstić information content (AvgIpc) is 2.39. The molecule has 0 atom stereocenters. The minimum Gasteiger partial charge on any atom is -0.493 e. The maximum absolute atomic E-state index is 5.70. The Bertz CT molecular complexity index is 366. The van der Waals surface area contributed by atoms with Crippen molar-refractivity contribution in [2.24, 2.45) is 0 Å². The van der Waals surface area contributed by atoms with Crippen molar-refractivity contribution in [3.05, 3.63) is 30.4 Å². The van der Waals surface area contributed by atoms with E-state index in [1.54, 1.807) is 14.2 Å². The summed E-state index contributed by atoms with van der Waals surface area (Å²) >= 11 is 0. The van der Waals surface area contributed by atoms with Gasteiger partial charge in [0.25, 0.3) is 0 Å². The van der Waals surface area contributed by atoms with Gasteiger partial charge in [0.1, 0.15) is 6.61 Å². The topological polar surface area (TPSA) is 39.7 Å². The first-order valence-corrected chi connectivity index (χ1v) is 5.90. The highest BCUT2D eigenvalue weighted by molar-refractivity contribution is 5.53. The molecule has 0 unspecified atom stereocenters. The van der Waals surface area contributed by atoms with E-state index in [9.17, 15) is 0 Å². The van der Waals surface area contributed by atoms with Crippen molar-refractivity contribution in [2.75, 3.05) is 33.9 Å². The van der Waals surface area contributed by atoms with Gasteiger partial charge in [-0.25, -0.2) is 0 Å². The molecule has 0 spiro atoms. The number of hydrogen-bond acceptors (Lipinski definition) is 4. The van der Waals surface area contributed by atoms with Crippen LogP contribution in [0.5, 0.6) is 17.2 Å². The number of aryl methyl sites for hydroxylation is 1. The minimum atomic E-state index is 0.545. The number of benzene rings is 1. The monoisotopic (exact) mass is 251 g/mol. The zero-order valence-corrected chi connectivity index (χ0v) is 11.3. The molecule has 1 aromatic rings. The van der Waals surface area contributed by atoms with Crippen LogP contribution in [-0.2, 0) is 0 Å². The maximum Gasteiger partial charge on any atom is 0.203 e. The third-order valence-electron chi connectivity index (χ3n) is 2.42. The first-order valence-electron chi connectivity index (χ1n) is 5.90. The van der Waals surface area contributed by atoms with Crippen LogP contribution in [0.15, 0.2) is 24.8 Å². The Hall–Kier alpha value is -1.68. The summed E-state index contributed by atoms with van der Waals surface area (Å²) in [6.07, 6.45) is 1.81. The van der Waals surface area contributed by atoms with E-state index < -0.39 is 0 Å². The SMILES string of the molecule is C=CCNCCOc1c(OC)cc(C)cc1OC. The Balaban J connectivity index is 2.70. The Morgan fingerprint density at radius 1 is 1.22 bits per heavy atom. The van der Waals surface area contributed by atoms with Gasteiger partial charge >= 0.3 is 0 Å². The fourth-order valence-corrected chi connectivity index (χ4v) is 1.58. The summed E-state index contributed by atoms with van der Waals surface area (Å²) in [5, 5.41) is 3.17. The van der Waals surface area contributed by atoms with Crippen molar-refractivity contribution < 1.29 is 14.2 Å². The first-order chi connectivity index (χ1) is 8.72. The van der Waals surface area contributed by atoms with Crippen LogP contribution in [0.2, 0.25) is 0 Å². The lowest BCUT2D eigenvalue weighted by molar-refractivity contribution is 0.274. The summed E-state index contributed by atoms with van der Waals surface area (Å²) in [5.41, 5.74) is 1.07. The molecular weight excluding hydrogens is 230 g/mol. The second-order valence-electron chi connectivity index (χ2n) is 3.84. The Morgan fingerprint density at radius 2 is 1.83 bits per heavy atom. The Labute approximate surface area is 109 Å². The average molecular weight is 251 g/mol. The molecular formula is C14H21NO3. The van der Waals surface area contributed by atoms with Crippen LogP contribution in [-0.4, -0.2) is 33.9 Å². The predicted molar refractivity (Wildman–Crippen MR) is 72.8 cm³/mol. The predicted octanol–water partition coefficient (Wildman–Crippen LogP) is 2.17. The van der Waals surface area contributed by atoms with E-state index in [0.29, 0.717) is 23.9 Å². The summed E-state index contributed by atoms with van der Waals surface area (Å²) in [6, 6.07) is 3.85. The molecule has 100 valence electrons. The van der Waals surface area contributed by atoms with Gasteiger partial charge in [-0.3, -0.25) is 0 Å². The summed E-state index contributed by atoms with van der Waals surface area (Å²) < 4.78 is 16.3. The number of nitrogens with one attached hydrogen (secondary N) is 1. The number of methoxy groups -OCH3 is 2. The highest BCUT2D eigenvalue weighted by Crippen LogP contribution is 2.38. The van der Waals surface area contributed by atoms with Crippen molar-refractivity contribution >= 4 is 0 Å². The quantitative estimate of drug-likeness (QED) is 0.568. The van der Waals surface area contributed by atoms with E-state index in [1.807, 2.05) is 25.1 Å². The van der Waals surface area contributed by atoms with E-state index in [0.717, 1.165) is 18.7 Å². The molecule has 0 aliphatic rings. The molecule has 1 rings (SSSR count). The molecule has 1 N–H and O–H groups in total. The number of ether oxygens (including phenoxy) is 3. The van der Waals surface area contributed by atoms with E-state index in [-0.39, 0.29) is 0 Å². The van der Waals surface area contributed by atoms with Crippen LogP contribution in [0.3, 0.4) is 0 Å². The van der Waals surface area contributed by atoms with Gasteiger partial charge in [0.15, 0.2) is 11.5 Å². The second kappa shape index (κ2) is 7.61. The zero-order valence-electron chi connectivity index (χ0n) is 11.3. The zero-order chi connectivity index (χ0) is 13.4. The molecule has 0 aliphatic heterocycles. The molecule has 0 fully saturated rings. The fourth-order valence-electron chi connectivity index (χ4n) is 1.58. The van der Waals surface area contributed by atoms with E-state index in [2.05, 4.69) is 11.9 Å². The van der Waals surface area contributed by atoms with Crippen LogP contribution >= 0.6 is 0 Å². The molecule has 0 aromatic heterocycles. The highest BCUT2D eigenvalue weighted by atomic mass is 16.5. The van der Waals surface area contributed by atoms with E-state index in [1.165, 1.54) is 0 Å². The van der Waals surface area contributed by atoms with Gasteiger partial charge in [0.2, 0.25) is 5.75 Å². The standard InChI is InChI=1S/C14H21NO3/c1-5-6-15-7-8-18-14-12(16-3)9-11(2)10-13(14)17-4/h5,9-10,15H,1,6-8H2,2-4H3. The molecule has 0 aliphatic carbocycles. The third-order valence-corrected chi connectivity index (χ3v) is 2.42. The van der Waals surface area contributed by atoms with Gasteiger partial charge in [-0.2, -0.15) is 0 Å². The van der Waals surface area contributed by atoms with Crippen LogP contribution in [0, 0.1) is 6.92 Å². The smallest absolute Gasteiger partial charge is 0.203 e. The van der Waals surface area contributed by atoms with Gasteiger partial charge in [-0.05, 0) is 24.6 Å². The van der Waals surface area contributed by atoms with Gasteiger partial charge < -0.3 is 19.5 Å². The van der Waals surface area contributed by atoms with Crippen molar-refractivity contribution in [1.82, 2.24) is 5.32 Å². The van der Waals surface area contributed by atoms with Crippen molar-refractivity contribution in [2.45, 2.75) is 6.92 Å². The maximum atomic E-state index is 5.70. The van der Waals surface area contributed by atoms with Crippen LogP contribution < -0.4 is 19.5 Å². The Morgan fingerprint density at radius 3 is 2.33 bits per heavy atom. The molecule has 0 heterocycles. The molecule has 4 heteroatoms. The molecule has 0 radical (unpaired) electrons. The molecule has 4 nitrogen and oxygen atoms in total. The van der Waals surface area contributed by atoms with E-state index >= 15 is 0 Å². The largest absolute Gasteiger partial charge is 0.493 e. The van der Waals surface area contributed by atoms with Crippen molar-refractivity contribution in [3.8, 4) is 17.2 Å². The van der Waals surface area contributed by atoms with Gasteiger partial charge in [0, 0.05) is 13.1 Å². The molecule has 0 amide bonds. The first kappa shape index (κ1) is 14.4. The normalized spacial score (nSPS) is 9.94. The van der Waals surface area contributed by atoms with Crippen LogP contribution in [0.25, 0.3) is 0 Å².